The zero-order valence-electron chi connectivity index (χ0n) is 7.02. The fourth-order valence-corrected chi connectivity index (χ4v) is 1.60. The van der Waals surface area contributed by atoms with Gasteiger partial charge in [-0.3, -0.25) is 4.79 Å². The molecule has 0 saturated heterocycles. The molecular weight excluding hydrogens is 164 g/mol. The second-order valence-electron chi connectivity index (χ2n) is 3.42. The molecule has 1 rings (SSSR count). The van der Waals surface area contributed by atoms with Crippen LogP contribution in [0.1, 0.15) is 26.2 Å². The number of nitrogens with one attached hydrogen (secondary N) is 1. The van der Waals surface area contributed by atoms with E-state index in [-0.39, 0.29) is 6.04 Å². The summed E-state index contributed by atoms with van der Waals surface area (Å²) in [5.74, 6) is -0.581. The Morgan fingerprint density at radius 2 is 2.17 bits per heavy atom. The van der Waals surface area contributed by atoms with E-state index in [1.54, 1.807) is 0 Å². The van der Waals surface area contributed by atoms with Crippen molar-refractivity contribution in [1.82, 2.24) is 5.32 Å². The normalized spacial score (nSPS) is 29.3. The molecule has 1 fully saturated rings. The maximum absolute atomic E-state index is 11.8. The van der Waals surface area contributed by atoms with E-state index in [1.165, 1.54) is 0 Å². The van der Waals surface area contributed by atoms with E-state index in [0.717, 1.165) is 19.3 Å². The molecule has 70 valence electrons. The van der Waals surface area contributed by atoms with Crippen molar-refractivity contribution < 1.29 is 13.6 Å². The first kappa shape index (κ1) is 9.42. The number of hydrogen-bond acceptors (Lipinski definition) is 1. The lowest BCUT2D eigenvalue weighted by molar-refractivity contribution is -0.132. The fraction of sp³-hybridized carbons (Fsp3) is 0.875. The molecule has 2 nitrogen and oxygen atoms in total. The molecule has 1 aliphatic rings. The molecule has 1 amide bonds. The molecule has 4 heteroatoms. The summed E-state index contributed by atoms with van der Waals surface area (Å²) in [5, 5.41) is 2.32. The molecule has 0 heterocycles. The maximum Gasteiger partial charge on any atom is 0.315 e. The lowest BCUT2D eigenvalue weighted by Gasteiger charge is -2.11. The summed E-state index contributed by atoms with van der Waals surface area (Å²) >= 11 is 0. The minimum atomic E-state index is -2.87. The largest absolute Gasteiger partial charge is 0.348 e. The molecule has 0 aliphatic heterocycles. The van der Waals surface area contributed by atoms with Gasteiger partial charge in [-0.15, -0.1) is 0 Å². The third-order valence-corrected chi connectivity index (χ3v) is 2.24. The average molecular weight is 177 g/mol. The molecule has 0 radical (unpaired) electrons. The van der Waals surface area contributed by atoms with Crippen LogP contribution in [0, 0.1) is 5.92 Å². The highest BCUT2D eigenvalue weighted by Crippen LogP contribution is 2.24. The summed E-state index contributed by atoms with van der Waals surface area (Å²) in [7, 11) is 0. The number of hydrogen-bond donors (Lipinski definition) is 1. The van der Waals surface area contributed by atoms with Gasteiger partial charge in [-0.25, -0.2) is 0 Å². The second-order valence-corrected chi connectivity index (χ2v) is 3.42. The molecule has 1 N–H and O–H groups in total. The van der Waals surface area contributed by atoms with E-state index >= 15 is 0 Å². The lowest BCUT2D eigenvalue weighted by atomic mass is 10.1. The summed E-state index contributed by atoms with van der Waals surface area (Å²) in [6.07, 6.45) is -0.187. The molecule has 0 aromatic heterocycles. The van der Waals surface area contributed by atoms with Crippen LogP contribution in [-0.2, 0) is 4.79 Å². The molecule has 2 atom stereocenters. The van der Waals surface area contributed by atoms with Gasteiger partial charge in [-0.1, -0.05) is 6.92 Å². The Kier molecular flexibility index (Phi) is 3.00. The van der Waals surface area contributed by atoms with Crippen LogP contribution in [0.15, 0.2) is 0 Å². The van der Waals surface area contributed by atoms with Crippen molar-refractivity contribution in [3.8, 4) is 0 Å². The van der Waals surface area contributed by atoms with Gasteiger partial charge in [-0.05, 0) is 25.2 Å². The van der Waals surface area contributed by atoms with Crippen LogP contribution in [0.3, 0.4) is 0 Å². The van der Waals surface area contributed by atoms with Crippen molar-refractivity contribution in [2.75, 3.05) is 0 Å². The van der Waals surface area contributed by atoms with Gasteiger partial charge in [0.15, 0.2) is 0 Å². The molecule has 0 aromatic rings. The zero-order chi connectivity index (χ0) is 9.14. The molecular formula is C8H13F2NO. The minimum Gasteiger partial charge on any atom is -0.348 e. The predicted molar refractivity (Wildman–Crippen MR) is 40.9 cm³/mol. The van der Waals surface area contributed by atoms with Crippen LogP contribution in [0.4, 0.5) is 8.78 Å². The average Bonchev–Trinajstić information content (AvgIpc) is 2.35. The number of rotatable bonds is 2. The number of alkyl halides is 2. The van der Waals surface area contributed by atoms with Crippen LogP contribution >= 0.6 is 0 Å². The molecule has 0 aromatic carbocycles. The zero-order valence-corrected chi connectivity index (χ0v) is 7.02. The van der Waals surface area contributed by atoms with Gasteiger partial charge in [0.1, 0.15) is 0 Å². The van der Waals surface area contributed by atoms with Crippen LogP contribution in [0.25, 0.3) is 0 Å². The summed E-state index contributed by atoms with van der Waals surface area (Å²) in [4.78, 5) is 10.5. The number of carbonyl (C=O) groups is 1. The Morgan fingerprint density at radius 1 is 1.50 bits per heavy atom. The quantitative estimate of drug-likeness (QED) is 0.681. The standard InChI is InChI=1S/C8H13F2NO/c1-5-2-3-6(4-5)11-8(12)7(9)10/h5-7H,2-4H2,1H3,(H,11,12)/t5-,6+/m1/s1. The minimum absolute atomic E-state index is 0.0264. The predicted octanol–water partition coefficient (Wildman–Crippen LogP) is 1.56. The smallest absolute Gasteiger partial charge is 0.315 e. The highest BCUT2D eigenvalue weighted by molar-refractivity contribution is 5.79. The number of amides is 1. The monoisotopic (exact) mass is 177 g/mol. The van der Waals surface area contributed by atoms with Crippen molar-refractivity contribution in [2.24, 2.45) is 5.92 Å². The van der Waals surface area contributed by atoms with Crippen LogP contribution in [0.2, 0.25) is 0 Å². The topological polar surface area (TPSA) is 29.1 Å². The first-order chi connectivity index (χ1) is 5.59. The highest BCUT2D eigenvalue weighted by atomic mass is 19.3. The van der Waals surface area contributed by atoms with Crippen LogP contribution < -0.4 is 5.32 Å². The first-order valence-corrected chi connectivity index (χ1v) is 4.18. The van der Waals surface area contributed by atoms with Crippen molar-refractivity contribution in [3.05, 3.63) is 0 Å². The SMILES string of the molecule is C[C@@H]1CC[C@H](NC(=O)C(F)F)C1. The van der Waals surface area contributed by atoms with E-state index in [4.69, 9.17) is 0 Å². The summed E-state index contributed by atoms with van der Waals surface area (Å²) in [5.41, 5.74) is 0. The molecule has 1 aliphatic carbocycles. The Bertz CT molecular complexity index is 172. The van der Waals surface area contributed by atoms with E-state index in [1.807, 2.05) is 0 Å². The fourth-order valence-electron chi connectivity index (χ4n) is 1.60. The van der Waals surface area contributed by atoms with Gasteiger partial charge in [0.05, 0.1) is 0 Å². The third-order valence-electron chi connectivity index (χ3n) is 2.24. The van der Waals surface area contributed by atoms with Crippen molar-refractivity contribution in [3.63, 3.8) is 0 Å². The molecule has 1 saturated carbocycles. The van der Waals surface area contributed by atoms with Gasteiger partial charge in [0, 0.05) is 6.04 Å². The Labute approximate surface area is 70.3 Å². The number of carbonyl (C=O) groups excluding carboxylic acids is 1. The van der Waals surface area contributed by atoms with Crippen molar-refractivity contribution in [1.29, 1.82) is 0 Å². The maximum atomic E-state index is 11.8. The third kappa shape index (κ3) is 2.43. The Hall–Kier alpha value is -0.670. The van der Waals surface area contributed by atoms with E-state index < -0.39 is 12.3 Å². The van der Waals surface area contributed by atoms with Crippen molar-refractivity contribution >= 4 is 5.91 Å². The molecule has 0 bridgehead atoms. The highest BCUT2D eigenvalue weighted by Gasteiger charge is 2.25. The van der Waals surface area contributed by atoms with Gasteiger partial charge < -0.3 is 5.32 Å². The van der Waals surface area contributed by atoms with Crippen LogP contribution in [-0.4, -0.2) is 18.4 Å². The van der Waals surface area contributed by atoms with Crippen molar-refractivity contribution in [2.45, 2.75) is 38.7 Å². The van der Waals surface area contributed by atoms with E-state index in [2.05, 4.69) is 12.2 Å². The van der Waals surface area contributed by atoms with Crippen LogP contribution in [0.5, 0.6) is 0 Å². The summed E-state index contributed by atoms with van der Waals surface area (Å²) in [6, 6.07) is -0.0264. The molecule has 0 unspecified atom stereocenters. The molecule has 0 spiro atoms. The van der Waals surface area contributed by atoms with Gasteiger partial charge >= 0.3 is 6.43 Å². The number of halogens is 2. The van der Waals surface area contributed by atoms with Gasteiger partial charge in [-0.2, -0.15) is 8.78 Å². The van der Waals surface area contributed by atoms with Gasteiger partial charge in [0.25, 0.3) is 5.91 Å². The lowest BCUT2D eigenvalue weighted by Crippen LogP contribution is -2.36. The van der Waals surface area contributed by atoms with E-state index in [0.29, 0.717) is 5.92 Å². The van der Waals surface area contributed by atoms with E-state index in [9.17, 15) is 13.6 Å². The second kappa shape index (κ2) is 3.83. The first-order valence-electron chi connectivity index (χ1n) is 4.18. The molecule has 12 heavy (non-hydrogen) atoms. The Morgan fingerprint density at radius 3 is 2.58 bits per heavy atom. The summed E-state index contributed by atoms with van der Waals surface area (Å²) < 4.78 is 23.5. The van der Waals surface area contributed by atoms with Gasteiger partial charge in [0.2, 0.25) is 0 Å². The Balaban J connectivity index is 2.28. The summed E-state index contributed by atoms with van der Waals surface area (Å²) in [6.45, 7) is 2.06.